The summed E-state index contributed by atoms with van der Waals surface area (Å²) >= 11 is 12.1. The van der Waals surface area contributed by atoms with Crippen LogP contribution in [0.15, 0.2) is 54.9 Å². The molecule has 0 spiro atoms. The Kier molecular flexibility index (Phi) is 5.02. The van der Waals surface area contributed by atoms with Gasteiger partial charge in [-0.3, -0.25) is 0 Å². The number of nitrogens with zero attached hydrogens (tertiary/aromatic N) is 1. The van der Waals surface area contributed by atoms with E-state index in [1.54, 1.807) is 48.3 Å². The predicted molar refractivity (Wildman–Crippen MR) is 98.9 cm³/mol. The monoisotopic (exact) mass is 375 g/mol. The lowest BCUT2D eigenvalue weighted by Crippen LogP contribution is -1.99. The van der Waals surface area contributed by atoms with E-state index < -0.39 is 5.97 Å². The van der Waals surface area contributed by atoms with Gasteiger partial charge in [0, 0.05) is 34.5 Å². The third kappa shape index (κ3) is 3.81. The number of carboxylic acids is 1. The van der Waals surface area contributed by atoms with Gasteiger partial charge in [0.25, 0.3) is 0 Å². The smallest absolute Gasteiger partial charge is 0.337 e. The molecule has 4 nitrogen and oxygen atoms in total. The summed E-state index contributed by atoms with van der Waals surface area (Å²) in [7, 11) is 1.59. The van der Waals surface area contributed by atoms with Gasteiger partial charge in [0.05, 0.1) is 12.7 Å². The standard InChI is InChI=1S/C19H15Cl2NO3/c1-25-15-6-3-12(4-7-15)16-10-22(11-17(16)19(23)24)9-13-2-5-14(20)8-18(13)21/h2-8,10-11H,9H2,1H3,(H,23,24). The van der Waals surface area contributed by atoms with Crippen molar-refractivity contribution in [3.63, 3.8) is 0 Å². The van der Waals surface area contributed by atoms with Crippen molar-refractivity contribution in [3.05, 3.63) is 76.0 Å². The third-order valence-corrected chi connectivity index (χ3v) is 4.47. The van der Waals surface area contributed by atoms with Gasteiger partial charge in [0.2, 0.25) is 0 Å². The van der Waals surface area contributed by atoms with Crippen molar-refractivity contribution in [3.8, 4) is 16.9 Å². The number of halogens is 2. The van der Waals surface area contributed by atoms with E-state index in [4.69, 9.17) is 27.9 Å². The van der Waals surface area contributed by atoms with E-state index in [9.17, 15) is 9.90 Å². The van der Waals surface area contributed by atoms with E-state index in [1.165, 1.54) is 0 Å². The normalized spacial score (nSPS) is 10.7. The minimum atomic E-state index is -0.980. The molecule has 0 saturated carbocycles. The van der Waals surface area contributed by atoms with Crippen LogP contribution in [0.4, 0.5) is 0 Å². The number of rotatable bonds is 5. The lowest BCUT2D eigenvalue weighted by atomic mass is 10.0. The maximum Gasteiger partial charge on any atom is 0.337 e. The van der Waals surface area contributed by atoms with Crippen molar-refractivity contribution in [1.29, 1.82) is 0 Å². The number of aromatic nitrogens is 1. The molecule has 0 unspecified atom stereocenters. The minimum absolute atomic E-state index is 0.232. The average Bonchev–Trinajstić information content (AvgIpc) is 3.02. The van der Waals surface area contributed by atoms with E-state index in [2.05, 4.69) is 0 Å². The van der Waals surface area contributed by atoms with Gasteiger partial charge in [-0.25, -0.2) is 4.79 Å². The fourth-order valence-corrected chi connectivity index (χ4v) is 3.09. The fraction of sp³-hybridized carbons (Fsp3) is 0.105. The molecule has 0 radical (unpaired) electrons. The Balaban J connectivity index is 1.97. The highest BCUT2D eigenvalue weighted by Crippen LogP contribution is 2.28. The van der Waals surface area contributed by atoms with Crippen LogP contribution in [0.3, 0.4) is 0 Å². The van der Waals surface area contributed by atoms with Gasteiger partial charge in [-0.15, -0.1) is 0 Å². The van der Waals surface area contributed by atoms with E-state index in [0.717, 1.165) is 11.1 Å². The molecule has 0 atom stereocenters. The summed E-state index contributed by atoms with van der Waals surface area (Å²) in [5.41, 5.74) is 2.54. The predicted octanol–water partition coefficient (Wildman–Crippen LogP) is 5.22. The molecule has 0 fully saturated rings. The molecule has 0 aliphatic carbocycles. The summed E-state index contributed by atoms with van der Waals surface area (Å²) in [4.78, 5) is 11.6. The average molecular weight is 376 g/mol. The molecule has 2 aromatic carbocycles. The first-order valence-electron chi connectivity index (χ1n) is 7.49. The van der Waals surface area contributed by atoms with Crippen LogP contribution in [0.25, 0.3) is 11.1 Å². The van der Waals surface area contributed by atoms with Crippen molar-refractivity contribution < 1.29 is 14.6 Å². The van der Waals surface area contributed by atoms with Gasteiger partial charge in [-0.05, 0) is 35.4 Å². The molecule has 128 valence electrons. The van der Waals surface area contributed by atoms with Crippen LogP contribution >= 0.6 is 23.2 Å². The largest absolute Gasteiger partial charge is 0.497 e. The van der Waals surface area contributed by atoms with Gasteiger partial charge in [0.15, 0.2) is 0 Å². The molecular formula is C19H15Cl2NO3. The maximum atomic E-state index is 11.6. The number of carbonyl (C=O) groups is 1. The molecule has 3 rings (SSSR count). The van der Waals surface area contributed by atoms with Gasteiger partial charge < -0.3 is 14.4 Å². The molecule has 0 aliphatic rings. The number of hydrogen-bond donors (Lipinski definition) is 1. The van der Waals surface area contributed by atoms with Gasteiger partial charge in [0.1, 0.15) is 5.75 Å². The second-order valence-corrected chi connectivity index (χ2v) is 6.37. The Morgan fingerprint density at radius 3 is 2.44 bits per heavy atom. The van der Waals surface area contributed by atoms with Gasteiger partial charge in [-0.1, -0.05) is 41.4 Å². The Bertz CT molecular complexity index is 917. The van der Waals surface area contributed by atoms with Crippen LogP contribution in [0.2, 0.25) is 10.0 Å². The zero-order valence-electron chi connectivity index (χ0n) is 13.4. The Labute approximate surface area is 155 Å². The van der Waals surface area contributed by atoms with Crippen molar-refractivity contribution >= 4 is 29.2 Å². The van der Waals surface area contributed by atoms with Crippen molar-refractivity contribution in [1.82, 2.24) is 4.57 Å². The fourth-order valence-electron chi connectivity index (χ4n) is 2.62. The summed E-state index contributed by atoms with van der Waals surface area (Å²) in [5.74, 6) is -0.264. The summed E-state index contributed by atoms with van der Waals surface area (Å²) in [5, 5.41) is 10.6. The number of methoxy groups -OCH3 is 1. The van der Waals surface area contributed by atoms with Crippen LogP contribution in [0.5, 0.6) is 5.75 Å². The van der Waals surface area contributed by atoms with E-state index in [0.29, 0.717) is 27.9 Å². The van der Waals surface area contributed by atoms with Gasteiger partial charge in [-0.2, -0.15) is 0 Å². The SMILES string of the molecule is COc1ccc(-c2cn(Cc3ccc(Cl)cc3Cl)cc2C(=O)O)cc1. The molecule has 0 saturated heterocycles. The van der Waals surface area contributed by atoms with E-state index >= 15 is 0 Å². The van der Waals surface area contributed by atoms with Crippen LogP contribution in [0, 0.1) is 0 Å². The number of benzene rings is 2. The maximum absolute atomic E-state index is 11.6. The van der Waals surface area contributed by atoms with E-state index in [1.807, 2.05) is 18.2 Å². The quantitative estimate of drug-likeness (QED) is 0.665. The summed E-state index contributed by atoms with van der Waals surface area (Å²) in [6.45, 7) is 0.451. The van der Waals surface area contributed by atoms with Crippen molar-refractivity contribution in [2.24, 2.45) is 0 Å². The van der Waals surface area contributed by atoms with Crippen LogP contribution in [0.1, 0.15) is 15.9 Å². The van der Waals surface area contributed by atoms with Crippen LogP contribution in [-0.4, -0.2) is 22.8 Å². The lowest BCUT2D eigenvalue weighted by molar-refractivity contribution is 0.0697. The summed E-state index contributed by atoms with van der Waals surface area (Å²) < 4.78 is 6.95. The number of hydrogen-bond acceptors (Lipinski definition) is 2. The Hall–Kier alpha value is -2.43. The highest BCUT2D eigenvalue weighted by Gasteiger charge is 2.16. The lowest BCUT2D eigenvalue weighted by Gasteiger charge is -2.06. The first-order chi connectivity index (χ1) is 12.0. The Morgan fingerprint density at radius 1 is 1.12 bits per heavy atom. The van der Waals surface area contributed by atoms with Crippen LogP contribution in [-0.2, 0) is 6.54 Å². The molecule has 0 aliphatic heterocycles. The zero-order valence-corrected chi connectivity index (χ0v) is 14.9. The number of aromatic carboxylic acids is 1. The third-order valence-electron chi connectivity index (χ3n) is 3.88. The molecule has 3 aromatic rings. The highest BCUT2D eigenvalue weighted by molar-refractivity contribution is 6.35. The Morgan fingerprint density at radius 2 is 1.84 bits per heavy atom. The van der Waals surface area contributed by atoms with Crippen molar-refractivity contribution in [2.45, 2.75) is 6.54 Å². The summed E-state index contributed by atoms with van der Waals surface area (Å²) in [6.07, 6.45) is 3.41. The summed E-state index contributed by atoms with van der Waals surface area (Å²) in [6, 6.07) is 12.5. The minimum Gasteiger partial charge on any atom is -0.497 e. The molecule has 1 aromatic heterocycles. The van der Waals surface area contributed by atoms with E-state index in [-0.39, 0.29) is 5.56 Å². The molecule has 25 heavy (non-hydrogen) atoms. The second kappa shape index (κ2) is 7.21. The molecule has 0 amide bonds. The highest BCUT2D eigenvalue weighted by atomic mass is 35.5. The first kappa shape index (κ1) is 17.4. The topological polar surface area (TPSA) is 51.5 Å². The molecule has 1 N–H and O–H groups in total. The molecular weight excluding hydrogens is 361 g/mol. The molecule has 1 heterocycles. The molecule has 0 bridgehead atoms. The van der Waals surface area contributed by atoms with Crippen molar-refractivity contribution in [2.75, 3.05) is 7.11 Å². The van der Waals surface area contributed by atoms with Crippen LogP contribution < -0.4 is 4.74 Å². The number of ether oxygens (including phenoxy) is 1. The first-order valence-corrected chi connectivity index (χ1v) is 8.25. The zero-order chi connectivity index (χ0) is 18.0. The number of carboxylic acid groups (broad SMARTS) is 1. The van der Waals surface area contributed by atoms with Gasteiger partial charge >= 0.3 is 5.97 Å². The second-order valence-electron chi connectivity index (χ2n) is 5.53. The molecule has 6 heteroatoms.